The molecule has 0 saturated carbocycles. The predicted molar refractivity (Wildman–Crippen MR) is 39.2 cm³/mol. The second-order valence-corrected chi connectivity index (χ2v) is 2.44. The van der Waals surface area contributed by atoms with Gasteiger partial charge in [0.15, 0.2) is 11.2 Å². The van der Waals surface area contributed by atoms with Crippen LogP contribution in [-0.4, -0.2) is 5.78 Å². The van der Waals surface area contributed by atoms with Crippen molar-refractivity contribution in [3.05, 3.63) is 27.6 Å². The van der Waals surface area contributed by atoms with E-state index in [9.17, 15) is 14.7 Å². The summed E-state index contributed by atoms with van der Waals surface area (Å²) in [6.07, 6.45) is 0. The SMILES string of the molecule is CC(=O)c1c([O-])oc(C)cc1=O.[Na+]. The van der Waals surface area contributed by atoms with Crippen LogP contribution in [0, 0.1) is 6.92 Å². The minimum Gasteiger partial charge on any atom is -0.583 e. The van der Waals surface area contributed by atoms with Gasteiger partial charge in [-0.3, -0.25) is 9.59 Å². The molecular formula is C8H7NaO4. The Kier molecular flexibility index (Phi) is 4.39. The third kappa shape index (κ3) is 2.69. The van der Waals surface area contributed by atoms with Gasteiger partial charge in [-0.2, -0.15) is 0 Å². The average molecular weight is 190 g/mol. The number of hydrogen-bond acceptors (Lipinski definition) is 4. The van der Waals surface area contributed by atoms with Crippen molar-refractivity contribution < 1.29 is 43.9 Å². The van der Waals surface area contributed by atoms with Crippen molar-refractivity contribution in [3.8, 4) is 5.95 Å². The fourth-order valence-electron chi connectivity index (χ4n) is 0.901. The van der Waals surface area contributed by atoms with Crippen LogP contribution in [0.3, 0.4) is 0 Å². The van der Waals surface area contributed by atoms with Crippen LogP contribution in [0.2, 0.25) is 0 Å². The van der Waals surface area contributed by atoms with Gasteiger partial charge in [0, 0.05) is 0 Å². The zero-order valence-electron chi connectivity index (χ0n) is 7.71. The van der Waals surface area contributed by atoms with E-state index in [0.717, 1.165) is 13.0 Å². The van der Waals surface area contributed by atoms with Gasteiger partial charge >= 0.3 is 29.6 Å². The molecule has 1 rings (SSSR count). The van der Waals surface area contributed by atoms with Gasteiger partial charge in [0.2, 0.25) is 0 Å². The monoisotopic (exact) mass is 190 g/mol. The summed E-state index contributed by atoms with van der Waals surface area (Å²) >= 11 is 0. The van der Waals surface area contributed by atoms with E-state index in [-0.39, 0.29) is 35.3 Å². The van der Waals surface area contributed by atoms with Crippen molar-refractivity contribution >= 4 is 5.78 Å². The fourth-order valence-corrected chi connectivity index (χ4v) is 0.901. The summed E-state index contributed by atoms with van der Waals surface area (Å²) in [5.41, 5.74) is -0.975. The van der Waals surface area contributed by atoms with E-state index in [1.165, 1.54) is 6.92 Å². The standard InChI is InChI=1S/C8H8O4.Na/c1-4-3-6(10)7(5(2)9)8(11)12-4;/h3,11H,1-2H3;/q;+1/p-1. The number of rotatable bonds is 1. The summed E-state index contributed by atoms with van der Waals surface area (Å²) in [5, 5.41) is 10.9. The number of ketones is 1. The van der Waals surface area contributed by atoms with Crippen molar-refractivity contribution in [1.29, 1.82) is 0 Å². The van der Waals surface area contributed by atoms with Gasteiger partial charge < -0.3 is 9.52 Å². The molecule has 0 radical (unpaired) electrons. The summed E-state index contributed by atoms with van der Waals surface area (Å²) in [4.78, 5) is 21.8. The Morgan fingerprint density at radius 1 is 1.54 bits per heavy atom. The number of carbonyl (C=O) groups is 1. The molecule has 0 N–H and O–H groups in total. The summed E-state index contributed by atoms with van der Waals surface area (Å²) in [6.45, 7) is 2.63. The van der Waals surface area contributed by atoms with Crippen LogP contribution in [0.15, 0.2) is 15.3 Å². The summed E-state index contributed by atoms with van der Waals surface area (Å²) in [7, 11) is 0. The Balaban J connectivity index is 0.00000144. The van der Waals surface area contributed by atoms with E-state index in [0.29, 0.717) is 0 Å². The van der Waals surface area contributed by atoms with E-state index in [2.05, 4.69) is 4.42 Å². The Labute approximate surface area is 96.9 Å². The number of aryl methyl sites for hydroxylation is 1. The van der Waals surface area contributed by atoms with Gasteiger partial charge in [0.05, 0.1) is 11.5 Å². The van der Waals surface area contributed by atoms with Crippen LogP contribution < -0.4 is 40.1 Å². The van der Waals surface area contributed by atoms with Crippen molar-refractivity contribution in [1.82, 2.24) is 0 Å². The summed E-state index contributed by atoms with van der Waals surface area (Å²) in [5.74, 6) is -1.20. The zero-order chi connectivity index (χ0) is 9.30. The first-order valence-electron chi connectivity index (χ1n) is 3.35. The minimum absolute atomic E-state index is 0. The average Bonchev–Trinajstić information content (AvgIpc) is 1.82. The van der Waals surface area contributed by atoms with Crippen molar-refractivity contribution in [2.24, 2.45) is 0 Å². The molecule has 13 heavy (non-hydrogen) atoms. The van der Waals surface area contributed by atoms with E-state index >= 15 is 0 Å². The van der Waals surface area contributed by atoms with Crippen LogP contribution in [0.25, 0.3) is 0 Å². The molecule has 1 heterocycles. The zero-order valence-corrected chi connectivity index (χ0v) is 9.71. The summed E-state index contributed by atoms with van der Waals surface area (Å²) in [6, 6.07) is 1.12. The molecule has 0 aromatic carbocycles. The van der Waals surface area contributed by atoms with Gasteiger partial charge in [-0.1, -0.05) is 0 Å². The van der Waals surface area contributed by atoms with Crippen LogP contribution in [0.4, 0.5) is 0 Å². The molecule has 0 aliphatic rings. The van der Waals surface area contributed by atoms with Crippen LogP contribution in [-0.2, 0) is 0 Å². The molecule has 1 aromatic rings. The van der Waals surface area contributed by atoms with E-state index in [1.807, 2.05) is 0 Å². The predicted octanol–water partition coefficient (Wildman–Crippen LogP) is -2.77. The van der Waals surface area contributed by atoms with Gasteiger partial charge in [-0.25, -0.2) is 0 Å². The molecule has 0 spiro atoms. The molecular weight excluding hydrogens is 183 g/mol. The Bertz CT molecular complexity index is 380. The van der Waals surface area contributed by atoms with Gasteiger partial charge in [-0.05, 0) is 25.7 Å². The fraction of sp³-hybridized carbons (Fsp3) is 0.250. The van der Waals surface area contributed by atoms with Crippen LogP contribution in [0.5, 0.6) is 5.95 Å². The van der Waals surface area contributed by atoms with E-state index in [1.54, 1.807) is 0 Å². The maximum Gasteiger partial charge on any atom is 1.00 e. The first-order valence-corrected chi connectivity index (χ1v) is 3.35. The molecule has 4 nitrogen and oxygen atoms in total. The molecule has 5 heteroatoms. The summed E-state index contributed by atoms with van der Waals surface area (Å²) < 4.78 is 4.57. The smallest absolute Gasteiger partial charge is 0.583 e. The maximum atomic E-state index is 11.0. The number of Topliss-reactive ketones (excluding diaryl/α,β-unsaturated/α-hetero) is 1. The Morgan fingerprint density at radius 2 is 2.08 bits per heavy atom. The molecule has 0 saturated heterocycles. The molecule has 64 valence electrons. The van der Waals surface area contributed by atoms with Gasteiger partial charge in [0.25, 0.3) is 0 Å². The Morgan fingerprint density at radius 3 is 2.46 bits per heavy atom. The second kappa shape index (κ2) is 4.60. The Hall–Kier alpha value is -0.580. The molecule has 0 amide bonds. The van der Waals surface area contributed by atoms with Gasteiger partial charge in [0.1, 0.15) is 0 Å². The molecule has 0 atom stereocenters. The quantitative estimate of drug-likeness (QED) is 0.355. The normalized spacial score (nSPS) is 9.08. The molecule has 0 aliphatic heterocycles. The van der Waals surface area contributed by atoms with Crippen LogP contribution in [0.1, 0.15) is 23.0 Å². The topological polar surface area (TPSA) is 70.3 Å². The molecule has 0 fully saturated rings. The van der Waals surface area contributed by atoms with E-state index < -0.39 is 22.7 Å². The largest absolute Gasteiger partial charge is 1.00 e. The third-order valence-corrected chi connectivity index (χ3v) is 1.39. The number of carbonyl (C=O) groups excluding carboxylic acids is 1. The van der Waals surface area contributed by atoms with E-state index in [4.69, 9.17) is 0 Å². The number of hydrogen-bond donors (Lipinski definition) is 0. The molecule has 0 bridgehead atoms. The van der Waals surface area contributed by atoms with Crippen LogP contribution >= 0.6 is 0 Å². The first kappa shape index (κ1) is 12.4. The van der Waals surface area contributed by atoms with Gasteiger partial charge in [-0.15, -0.1) is 0 Å². The third-order valence-electron chi connectivity index (χ3n) is 1.39. The van der Waals surface area contributed by atoms with Crippen molar-refractivity contribution in [3.63, 3.8) is 0 Å². The maximum absolute atomic E-state index is 11.0. The second-order valence-electron chi connectivity index (χ2n) is 2.44. The minimum atomic E-state index is -0.854. The first-order chi connectivity index (χ1) is 5.52. The molecule has 0 unspecified atom stereocenters. The molecule has 0 aliphatic carbocycles. The molecule has 1 aromatic heterocycles. The van der Waals surface area contributed by atoms with Crippen molar-refractivity contribution in [2.45, 2.75) is 13.8 Å². The van der Waals surface area contributed by atoms with Crippen molar-refractivity contribution in [2.75, 3.05) is 0 Å².